The number of amides is 1. The predicted molar refractivity (Wildman–Crippen MR) is 114 cm³/mol. The van der Waals surface area contributed by atoms with Crippen LogP contribution in [0.5, 0.6) is 0 Å². The van der Waals surface area contributed by atoms with E-state index in [4.69, 9.17) is 4.98 Å². The largest absolute Gasteiger partial charge is 0.342 e. The highest BCUT2D eigenvalue weighted by molar-refractivity contribution is 6.05. The zero-order chi connectivity index (χ0) is 20.7. The summed E-state index contributed by atoms with van der Waals surface area (Å²) in [5, 5.41) is 8.29. The van der Waals surface area contributed by atoms with Crippen molar-refractivity contribution in [1.82, 2.24) is 30.0 Å². The maximum Gasteiger partial charge on any atom is 0.252 e. The Hall–Kier alpha value is -3.22. The number of benzene rings is 1. The number of carbonyl (C=O) groups is 1. The van der Waals surface area contributed by atoms with Crippen LogP contribution in [0.25, 0.3) is 22.1 Å². The van der Waals surface area contributed by atoms with E-state index in [1.54, 1.807) is 6.20 Å². The molecule has 0 aliphatic rings. The molecular weight excluding hydrogens is 364 g/mol. The second kappa shape index (κ2) is 7.31. The van der Waals surface area contributed by atoms with Gasteiger partial charge in [-0.15, -0.1) is 0 Å². The molecular formula is C22H26N6O. The van der Waals surface area contributed by atoms with Crippen molar-refractivity contribution in [2.45, 2.75) is 52.6 Å². The molecule has 1 aromatic carbocycles. The quantitative estimate of drug-likeness (QED) is 0.525. The summed E-state index contributed by atoms with van der Waals surface area (Å²) in [6, 6.07) is 9.60. The SMILES string of the molecule is CC(C)c1cc(C(=O)NC(C)c2nc3ccccc3[nH]2)c2cnn(C(C)C)c2n1. The van der Waals surface area contributed by atoms with Gasteiger partial charge in [0.05, 0.1) is 34.2 Å². The maximum absolute atomic E-state index is 13.2. The molecule has 0 radical (unpaired) electrons. The first kappa shape index (κ1) is 19.1. The van der Waals surface area contributed by atoms with Gasteiger partial charge in [0.25, 0.3) is 5.91 Å². The van der Waals surface area contributed by atoms with E-state index in [2.05, 4.69) is 48.1 Å². The van der Waals surface area contributed by atoms with Gasteiger partial charge in [-0.1, -0.05) is 26.0 Å². The summed E-state index contributed by atoms with van der Waals surface area (Å²) in [6.07, 6.45) is 1.73. The number of pyridine rings is 1. The number of nitrogens with zero attached hydrogens (tertiary/aromatic N) is 4. The van der Waals surface area contributed by atoms with E-state index in [0.717, 1.165) is 33.6 Å². The van der Waals surface area contributed by atoms with Gasteiger partial charge in [0.15, 0.2) is 5.65 Å². The van der Waals surface area contributed by atoms with Crippen LogP contribution >= 0.6 is 0 Å². The van der Waals surface area contributed by atoms with Gasteiger partial charge < -0.3 is 10.3 Å². The van der Waals surface area contributed by atoms with Crippen molar-refractivity contribution in [3.8, 4) is 0 Å². The maximum atomic E-state index is 13.2. The lowest BCUT2D eigenvalue weighted by Gasteiger charge is -2.14. The van der Waals surface area contributed by atoms with Crippen LogP contribution in [0.15, 0.2) is 36.5 Å². The van der Waals surface area contributed by atoms with Crippen molar-refractivity contribution in [2.24, 2.45) is 0 Å². The lowest BCUT2D eigenvalue weighted by Crippen LogP contribution is -2.27. The van der Waals surface area contributed by atoms with Gasteiger partial charge in [-0.05, 0) is 44.9 Å². The average Bonchev–Trinajstić information content (AvgIpc) is 3.31. The molecule has 2 N–H and O–H groups in total. The van der Waals surface area contributed by atoms with Gasteiger partial charge in [-0.25, -0.2) is 14.6 Å². The number of aromatic nitrogens is 5. The van der Waals surface area contributed by atoms with Crippen LogP contribution in [0.4, 0.5) is 0 Å². The van der Waals surface area contributed by atoms with E-state index in [-0.39, 0.29) is 23.9 Å². The summed E-state index contributed by atoms with van der Waals surface area (Å²) < 4.78 is 1.86. The first-order valence-electron chi connectivity index (χ1n) is 9.98. The Morgan fingerprint density at radius 3 is 2.55 bits per heavy atom. The number of H-pyrrole nitrogens is 1. The van der Waals surface area contributed by atoms with Crippen LogP contribution in [-0.4, -0.2) is 30.6 Å². The monoisotopic (exact) mass is 390 g/mol. The summed E-state index contributed by atoms with van der Waals surface area (Å²) in [6.45, 7) is 10.2. The number of carbonyl (C=O) groups excluding carboxylic acids is 1. The number of hydrogen-bond donors (Lipinski definition) is 2. The standard InChI is InChI=1S/C22H26N6O/c1-12(2)19-10-15(16-11-23-28(13(3)4)21(16)27-19)22(29)24-14(5)20-25-17-8-6-7-9-18(17)26-20/h6-14H,1-5H3,(H,24,29)(H,25,26). The van der Waals surface area contributed by atoms with Gasteiger partial charge in [0.2, 0.25) is 0 Å². The molecule has 0 aliphatic heterocycles. The van der Waals surface area contributed by atoms with E-state index in [1.165, 1.54) is 0 Å². The zero-order valence-electron chi connectivity index (χ0n) is 17.4. The highest BCUT2D eigenvalue weighted by Crippen LogP contribution is 2.25. The molecule has 4 aromatic rings. The minimum atomic E-state index is -0.263. The van der Waals surface area contributed by atoms with Gasteiger partial charge in [0, 0.05) is 11.7 Å². The highest BCUT2D eigenvalue weighted by Gasteiger charge is 2.21. The highest BCUT2D eigenvalue weighted by atomic mass is 16.1. The summed E-state index contributed by atoms with van der Waals surface area (Å²) in [5.41, 5.74) is 4.05. The van der Waals surface area contributed by atoms with E-state index < -0.39 is 0 Å². The van der Waals surface area contributed by atoms with Crippen molar-refractivity contribution < 1.29 is 4.79 Å². The molecule has 0 saturated heterocycles. The Bertz CT molecular complexity index is 1150. The van der Waals surface area contributed by atoms with Crippen LogP contribution in [0.2, 0.25) is 0 Å². The number of para-hydroxylation sites is 2. The van der Waals surface area contributed by atoms with E-state index in [9.17, 15) is 4.79 Å². The molecule has 4 rings (SSSR count). The molecule has 0 spiro atoms. The summed E-state index contributed by atoms with van der Waals surface area (Å²) >= 11 is 0. The number of aromatic amines is 1. The fraction of sp³-hybridized carbons (Fsp3) is 0.364. The Balaban J connectivity index is 1.70. The Morgan fingerprint density at radius 2 is 1.86 bits per heavy atom. The summed E-state index contributed by atoms with van der Waals surface area (Å²) in [7, 11) is 0. The van der Waals surface area contributed by atoms with Crippen LogP contribution in [0, 0.1) is 0 Å². The van der Waals surface area contributed by atoms with Gasteiger partial charge in [-0.2, -0.15) is 5.10 Å². The lowest BCUT2D eigenvalue weighted by molar-refractivity contribution is 0.0940. The molecule has 7 heteroatoms. The van der Waals surface area contributed by atoms with Gasteiger partial charge in [-0.3, -0.25) is 4.79 Å². The number of fused-ring (bicyclic) bond motifs is 2. The fourth-order valence-corrected chi connectivity index (χ4v) is 3.42. The molecule has 0 fully saturated rings. The normalized spacial score (nSPS) is 12.9. The van der Waals surface area contributed by atoms with Crippen molar-refractivity contribution in [1.29, 1.82) is 0 Å². The lowest BCUT2D eigenvalue weighted by atomic mass is 10.0. The van der Waals surface area contributed by atoms with E-state index in [0.29, 0.717) is 5.56 Å². The van der Waals surface area contributed by atoms with Gasteiger partial charge >= 0.3 is 0 Å². The molecule has 3 aromatic heterocycles. The molecule has 3 heterocycles. The van der Waals surface area contributed by atoms with Crippen LogP contribution < -0.4 is 5.32 Å². The van der Waals surface area contributed by atoms with Crippen molar-refractivity contribution in [3.05, 3.63) is 53.6 Å². The van der Waals surface area contributed by atoms with Crippen molar-refractivity contribution >= 4 is 28.0 Å². The second-order valence-corrected chi connectivity index (χ2v) is 8.00. The third-order valence-corrected chi connectivity index (χ3v) is 5.08. The molecule has 0 aliphatic carbocycles. The molecule has 150 valence electrons. The van der Waals surface area contributed by atoms with Crippen LogP contribution in [0.1, 0.15) is 74.5 Å². The minimum absolute atomic E-state index is 0.157. The number of imidazole rings is 1. The third kappa shape index (κ3) is 3.48. The molecule has 1 unspecified atom stereocenters. The number of nitrogens with one attached hydrogen (secondary N) is 2. The molecule has 1 amide bonds. The van der Waals surface area contributed by atoms with Crippen LogP contribution in [0.3, 0.4) is 0 Å². The number of rotatable bonds is 5. The van der Waals surface area contributed by atoms with Crippen molar-refractivity contribution in [2.75, 3.05) is 0 Å². The Kier molecular flexibility index (Phi) is 4.82. The topological polar surface area (TPSA) is 88.5 Å². The first-order valence-corrected chi connectivity index (χ1v) is 9.98. The average molecular weight is 390 g/mol. The third-order valence-electron chi connectivity index (χ3n) is 5.08. The molecule has 0 bridgehead atoms. The second-order valence-electron chi connectivity index (χ2n) is 8.00. The zero-order valence-corrected chi connectivity index (χ0v) is 17.4. The fourth-order valence-electron chi connectivity index (χ4n) is 3.42. The van der Waals surface area contributed by atoms with Gasteiger partial charge in [0.1, 0.15) is 5.82 Å². The summed E-state index contributed by atoms with van der Waals surface area (Å²) in [5.74, 6) is 0.775. The van der Waals surface area contributed by atoms with Crippen LogP contribution in [-0.2, 0) is 0 Å². The molecule has 29 heavy (non-hydrogen) atoms. The molecule has 7 nitrogen and oxygen atoms in total. The molecule has 1 atom stereocenters. The van der Waals surface area contributed by atoms with E-state index >= 15 is 0 Å². The number of hydrogen-bond acceptors (Lipinski definition) is 4. The minimum Gasteiger partial charge on any atom is -0.342 e. The summed E-state index contributed by atoms with van der Waals surface area (Å²) in [4.78, 5) is 25.8. The Morgan fingerprint density at radius 1 is 1.10 bits per heavy atom. The van der Waals surface area contributed by atoms with E-state index in [1.807, 2.05) is 41.9 Å². The Labute approximate surface area is 169 Å². The smallest absolute Gasteiger partial charge is 0.252 e. The van der Waals surface area contributed by atoms with Crippen molar-refractivity contribution in [3.63, 3.8) is 0 Å². The molecule has 0 saturated carbocycles. The predicted octanol–water partition coefficient (Wildman–Crippen LogP) is 4.50. The first-order chi connectivity index (χ1) is 13.8.